The summed E-state index contributed by atoms with van der Waals surface area (Å²) in [5, 5.41) is 16.4. The number of aliphatic hydroxyl groups excluding tert-OH is 1. The van der Waals surface area contributed by atoms with Crippen LogP contribution in [0.2, 0.25) is 0 Å². The second kappa shape index (κ2) is 12.8. The molecule has 5 nitrogen and oxygen atoms in total. The molecular weight excluding hydrogens is 348 g/mol. The molecule has 2 rings (SSSR count). The van der Waals surface area contributed by atoms with Crippen molar-refractivity contribution in [2.24, 2.45) is 16.8 Å². The molecule has 1 aliphatic rings. The molecule has 1 unspecified atom stereocenters. The SMILES string of the molecule is CCNC(=NCC(CCO)CC(C)C)NC1CCN(Cc2ccccc2)CC1. The Morgan fingerprint density at radius 2 is 1.93 bits per heavy atom. The highest BCUT2D eigenvalue weighted by Gasteiger charge is 2.20. The molecule has 158 valence electrons. The molecule has 0 aliphatic carbocycles. The molecule has 0 aromatic heterocycles. The fourth-order valence-electron chi connectivity index (χ4n) is 3.94. The van der Waals surface area contributed by atoms with E-state index in [2.05, 4.69) is 66.6 Å². The Morgan fingerprint density at radius 3 is 2.54 bits per heavy atom. The van der Waals surface area contributed by atoms with Gasteiger partial charge in [0, 0.05) is 45.4 Å². The lowest BCUT2D eigenvalue weighted by molar-refractivity contribution is 0.198. The Hall–Kier alpha value is -1.59. The van der Waals surface area contributed by atoms with Gasteiger partial charge < -0.3 is 15.7 Å². The summed E-state index contributed by atoms with van der Waals surface area (Å²) in [6.45, 7) is 11.8. The topological polar surface area (TPSA) is 59.9 Å². The maximum Gasteiger partial charge on any atom is 0.191 e. The Bertz CT molecular complexity index is 553. The van der Waals surface area contributed by atoms with Crippen molar-refractivity contribution in [1.29, 1.82) is 0 Å². The lowest BCUT2D eigenvalue weighted by Gasteiger charge is -2.33. The van der Waals surface area contributed by atoms with Crippen molar-refractivity contribution in [3.8, 4) is 0 Å². The lowest BCUT2D eigenvalue weighted by atomic mass is 9.94. The summed E-state index contributed by atoms with van der Waals surface area (Å²) < 4.78 is 0. The van der Waals surface area contributed by atoms with Gasteiger partial charge in [-0.3, -0.25) is 9.89 Å². The summed E-state index contributed by atoms with van der Waals surface area (Å²) in [4.78, 5) is 7.38. The third kappa shape index (κ3) is 8.61. The van der Waals surface area contributed by atoms with E-state index in [0.717, 1.165) is 64.4 Å². The van der Waals surface area contributed by atoms with Gasteiger partial charge in [0.25, 0.3) is 0 Å². The number of hydrogen-bond donors (Lipinski definition) is 3. The van der Waals surface area contributed by atoms with Crippen LogP contribution in [0.1, 0.15) is 52.0 Å². The van der Waals surface area contributed by atoms with Crippen molar-refractivity contribution < 1.29 is 5.11 Å². The van der Waals surface area contributed by atoms with E-state index in [-0.39, 0.29) is 6.61 Å². The molecule has 5 heteroatoms. The summed E-state index contributed by atoms with van der Waals surface area (Å²) in [7, 11) is 0. The highest BCUT2D eigenvalue weighted by Crippen LogP contribution is 2.16. The summed E-state index contributed by atoms with van der Waals surface area (Å²) in [6.07, 6.45) is 4.23. The highest BCUT2D eigenvalue weighted by atomic mass is 16.3. The van der Waals surface area contributed by atoms with Crippen LogP contribution in [0.5, 0.6) is 0 Å². The number of aliphatic hydroxyl groups is 1. The fraction of sp³-hybridized carbons (Fsp3) is 0.696. The Labute approximate surface area is 171 Å². The number of aliphatic imine (C=N–C) groups is 1. The van der Waals surface area contributed by atoms with Gasteiger partial charge in [0.1, 0.15) is 0 Å². The smallest absolute Gasteiger partial charge is 0.191 e. The van der Waals surface area contributed by atoms with Crippen LogP contribution in [-0.4, -0.2) is 54.8 Å². The Morgan fingerprint density at radius 1 is 1.21 bits per heavy atom. The lowest BCUT2D eigenvalue weighted by Crippen LogP contribution is -2.48. The third-order valence-electron chi connectivity index (χ3n) is 5.37. The largest absolute Gasteiger partial charge is 0.396 e. The van der Waals surface area contributed by atoms with Gasteiger partial charge in [-0.05, 0) is 50.0 Å². The second-order valence-corrected chi connectivity index (χ2v) is 8.41. The minimum atomic E-state index is 0.247. The summed E-state index contributed by atoms with van der Waals surface area (Å²) in [5.74, 6) is 2.01. The number of nitrogens with zero attached hydrogens (tertiary/aromatic N) is 2. The predicted molar refractivity (Wildman–Crippen MR) is 119 cm³/mol. The first-order valence-electron chi connectivity index (χ1n) is 11.0. The minimum absolute atomic E-state index is 0.247. The molecule has 28 heavy (non-hydrogen) atoms. The average Bonchev–Trinajstić information content (AvgIpc) is 2.68. The van der Waals surface area contributed by atoms with Crippen LogP contribution >= 0.6 is 0 Å². The molecule has 3 N–H and O–H groups in total. The van der Waals surface area contributed by atoms with Gasteiger partial charge in [0.05, 0.1) is 0 Å². The predicted octanol–water partition coefficient (Wildman–Crippen LogP) is 3.25. The van der Waals surface area contributed by atoms with Crippen LogP contribution in [0, 0.1) is 11.8 Å². The maximum atomic E-state index is 9.33. The van der Waals surface area contributed by atoms with E-state index in [1.807, 2.05) is 0 Å². The van der Waals surface area contributed by atoms with Crippen LogP contribution in [-0.2, 0) is 6.54 Å². The average molecular weight is 389 g/mol. The van der Waals surface area contributed by atoms with Gasteiger partial charge in [-0.25, -0.2) is 0 Å². The molecule has 1 saturated heterocycles. The van der Waals surface area contributed by atoms with Crippen molar-refractivity contribution in [3.05, 3.63) is 35.9 Å². The van der Waals surface area contributed by atoms with Gasteiger partial charge in [0.15, 0.2) is 5.96 Å². The first-order valence-corrected chi connectivity index (χ1v) is 11.0. The summed E-state index contributed by atoms with van der Waals surface area (Å²) in [6, 6.07) is 11.2. The zero-order valence-electron chi connectivity index (χ0n) is 18.0. The van der Waals surface area contributed by atoms with Crippen molar-refractivity contribution in [3.63, 3.8) is 0 Å². The number of benzene rings is 1. The number of guanidine groups is 1. The molecule has 0 bridgehead atoms. The summed E-state index contributed by atoms with van der Waals surface area (Å²) >= 11 is 0. The molecule has 1 heterocycles. The van der Waals surface area contributed by atoms with Crippen LogP contribution in [0.25, 0.3) is 0 Å². The van der Waals surface area contributed by atoms with E-state index >= 15 is 0 Å². The molecule has 1 atom stereocenters. The molecule has 0 saturated carbocycles. The van der Waals surface area contributed by atoms with Gasteiger partial charge >= 0.3 is 0 Å². The Kier molecular flexibility index (Phi) is 10.4. The quantitative estimate of drug-likeness (QED) is 0.425. The van der Waals surface area contributed by atoms with Crippen LogP contribution in [0.4, 0.5) is 0 Å². The molecule has 1 aromatic carbocycles. The van der Waals surface area contributed by atoms with Crippen LogP contribution < -0.4 is 10.6 Å². The number of rotatable bonds is 10. The number of nitrogens with one attached hydrogen (secondary N) is 2. The zero-order valence-corrected chi connectivity index (χ0v) is 18.0. The van der Waals surface area contributed by atoms with Gasteiger partial charge in [-0.15, -0.1) is 0 Å². The highest BCUT2D eigenvalue weighted by molar-refractivity contribution is 5.80. The van der Waals surface area contributed by atoms with Crippen molar-refractivity contribution in [2.45, 2.75) is 59.0 Å². The molecule has 1 aliphatic heterocycles. The standard InChI is InChI=1S/C23H40N4O/c1-4-24-23(25-17-21(12-15-28)16-19(2)3)26-22-10-13-27(14-11-22)18-20-8-6-5-7-9-20/h5-9,19,21-22,28H,4,10-18H2,1-3H3,(H2,24,25,26). The normalized spacial score (nSPS) is 17.7. The fourth-order valence-corrected chi connectivity index (χ4v) is 3.94. The van der Waals surface area contributed by atoms with E-state index in [9.17, 15) is 5.11 Å². The van der Waals surface area contributed by atoms with Gasteiger partial charge in [-0.1, -0.05) is 44.2 Å². The number of hydrogen-bond acceptors (Lipinski definition) is 3. The molecule has 1 fully saturated rings. The molecule has 0 amide bonds. The maximum absolute atomic E-state index is 9.33. The first kappa shape index (κ1) is 22.7. The molecule has 1 aromatic rings. The van der Waals surface area contributed by atoms with E-state index in [0.29, 0.717) is 17.9 Å². The Balaban J connectivity index is 1.81. The van der Waals surface area contributed by atoms with Gasteiger partial charge in [-0.2, -0.15) is 0 Å². The van der Waals surface area contributed by atoms with E-state index in [4.69, 9.17) is 4.99 Å². The van der Waals surface area contributed by atoms with Crippen molar-refractivity contribution in [1.82, 2.24) is 15.5 Å². The molecule has 0 radical (unpaired) electrons. The van der Waals surface area contributed by atoms with Crippen molar-refractivity contribution >= 4 is 5.96 Å². The van der Waals surface area contributed by atoms with Crippen LogP contribution in [0.15, 0.2) is 35.3 Å². The number of piperidine rings is 1. The molecular formula is C23H40N4O. The zero-order chi connectivity index (χ0) is 20.2. The summed E-state index contributed by atoms with van der Waals surface area (Å²) in [5.41, 5.74) is 1.39. The third-order valence-corrected chi connectivity index (χ3v) is 5.37. The molecule has 0 spiro atoms. The minimum Gasteiger partial charge on any atom is -0.396 e. The first-order chi connectivity index (χ1) is 13.6. The van der Waals surface area contributed by atoms with Crippen molar-refractivity contribution in [2.75, 3.05) is 32.8 Å². The van der Waals surface area contributed by atoms with Crippen LogP contribution in [0.3, 0.4) is 0 Å². The van der Waals surface area contributed by atoms with E-state index in [1.165, 1.54) is 5.56 Å². The van der Waals surface area contributed by atoms with E-state index in [1.54, 1.807) is 0 Å². The number of likely N-dealkylation sites (tertiary alicyclic amines) is 1. The van der Waals surface area contributed by atoms with E-state index < -0.39 is 0 Å². The second-order valence-electron chi connectivity index (χ2n) is 8.41. The van der Waals surface area contributed by atoms with Gasteiger partial charge in [0.2, 0.25) is 0 Å². The monoisotopic (exact) mass is 388 g/mol.